The zero-order valence-electron chi connectivity index (χ0n) is 10.1. The van der Waals surface area contributed by atoms with Crippen LogP contribution in [0, 0.1) is 0 Å². The molecule has 0 fully saturated rings. The van der Waals surface area contributed by atoms with Gasteiger partial charge in [0, 0.05) is 5.69 Å². The molecule has 0 unspecified atom stereocenters. The van der Waals surface area contributed by atoms with E-state index in [1.807, 2.05) is 0 Å². The number of hydrogen-bond acceptors (Lipinski definition) is 3. The van der Waals surface area contributed by atoms with E-state index in [0.717, 1.165) is 18.2 Å². The molecule has 20 heavy (non-hydrogen) atoms. The Morgan fingerprint density at radius 1 is 0.900 bits per heavy atom. The zero-order chi connectivity index (χ0) is 15.0. The number of rotatable bonds is 2. The molecule has 0 bridgehead atoms. The average Bonchev–Trinajstić information content (AvgIpc) is 2.38. The third-order valence-electron chi connectivity index (χ3n) is 2.67. The first-order valence-electron chi connectivity index (χ1n) is 5.50. The van der Waals surface area contributed by atoms with Crippen LogP contribution in [0.15, 0.2) is 58.3 Å². The van der Waals surface area contributed by atoms with Gasteiger partial charge in [-0.05, 0) is 36.4 Å². The first-order valence-corrected chi connectivity index (χ1v) is 6.98. The predicted molar refractivity (Wildman–Crippen MR) is 67.8 cm³/mol. The highest BCUT2D eigenvalue weighted by Gasteiger charge is 2.37. The summed E-state index contributed by atoms with van der Waals surface area (Å²) in [5.41, 5.74) is 4.58. The van der Waals surface area contributed by atoms with Crippen LogP contribution >= 0.6 is 0 Å². The summed E-state index contributed by atoms with van der Waals surface area (Å²) in [6.45, 7) is 0. The highest BCUT2D eigenvalue weighted by Crippen LogP contribution is 2.36. The largest absolute Gasteiger partial charge is 0.417 e. The van der Waals surface area contributed by atoms with Crippen LogP contribution in [-0.4, -0.2) is 8.42 Å². The molecule has 7 heteroatoms. The third-order valence-corrected chi connectivity index (χ3v) is 4.50. The van der Waals surface area contributed by atoms with E-state index in [1.54, 1.807) is 0 Å². The number of hydrogen-bond donors (Lipinski definition) is 1. The second-order valence-corrected chi connectivity index (χ2v) is 5.98. The maximum Gasteiger partial charge on any atom is 0.417 e. The van der Waals surface area contributed by atoms with Crippen molar-refractivity contribution in [2.24, 2.45) is 0 Å². The predicted octanol–water partition coefficient (Wildman–Crippen LogP) is 3.12. The summed E-state index contributed by atoms with van der Waals surface area (Å²) in [5, 5.41) is 0. The minimum Gasteiger partial charge on any atom is -0.399 e. The molecule has 0 saturated heterocycles. The monoisotopic (exact) mass is 301 g/mol. The molecule has 2 rings (SSSR count). The lowest BCUT2D eigenvalue weighted by atomic mass is 10.2. The Kier molecular flexibility index (Phi) is 3.47. The van der Waals surface area contributed by atoms with Gasteiger partial charge in [-0.2, -0.15) is 13.2 Å². The number of alkyl halides is 3. The van der Waals surface area contributed by atoms with Crippen molar-refractivity contribution in [1.82, 2.24) is 0 Å². The molecule has 2 aromatic rings. The van der Waals surface area contributed by atoms with Gasteiger partial charge in [0.15, 0.2) is 0 Å². The van der Waals surface area contributed by atoms with Crippen LogP contribution in [0.4, 0.5) is 18.9 Å². The van der Waals surface area contributed by atoms with E-state index in [9.17, 15) is 21.6 Å². The summed E-state index contributed by atoms with van der Waals surface area (Å²) < 4.78 is 63.2. The summed E-state index contributed by atoms with van der Waals surface area (Å²) >= 11 is 0. The van der Waals surface area contributed by atoms with E-state index < -0.39 is 26.5 Å². The highest BCUT2D eigenvalue weighted by molar-refractivity contribution is 7.91. The van der Waals surface area contributed by atoms with Gasteiger partial charge in [-0.25, -0.2) is 8.42 Å². The number of sulfone groups is 1. The maximum absolute atomic E-state index is 12.9. The van der Waals surface area contributed by atoms with E-state index in [1.165, 1.54) is 30.3 Å². The van der Waals surface area contributed by atoms with Crippen LogP contribution in [0.1, 0.15) is 5.56 Å². The fourth-order valence-electron chi connectivity index (χ4n) is 1.71. The van der Waals surface area contributed by atoms with E-state index in [-0.39, 0.29) is 4.90 Å². The van der Waals surface area contributed by atoms with E-state index >= 15 is 0 Å². The molecule has 0 aliphatic heterocycles. The Morgan fingerprint density at radius 3 is 2.00 bits per heavy atom. The Bertz CT molecular complexity index is 722. The Balaban J connectivity index is 2.64. The molecule has 0 atom stereocenters. The Labute approximate surface area is 113 Å². The lowest BCUT2D eigenvalue weighted by molar-refractivity contribution is -0.139. The topological polar surface area (TPSA) is 60.2 Å². The summed E-state index contributed by atoms with van der Waals surface area (Å²) in [7, 11) is -4.25. The van der Waals surface area contributed by atoms with Crippen LogP contribution in [0.25, 0.3) is 0 Å². The Morgan fingerprint density at radius 2 is 1.45 bits per heavy atom. The number of nitrogens with two attached hydrogens (primary N) is 1. The second kappa shape index (κ2) is 4.82. The summed E-state index contributed by atoms with van der Waals surface area (Å²) in [5.74, 6) is 0. The van der Waals surface area contributed by atoms with Crippen molar-refractivity contribution in [3.05, 3.63) is 54.1 Å². The molecule has 0 aliphatic carbocycles. The zero-order valence-corrected chi connectivity index (χ0v) is 10.9. The van der Waals surface area contributed by atoms with E-state index in [0.29, 0.717) is 5.69 Å². The molecule has 0 aromatic heterocycles. The number of anilines is 1. The van der Waals surface area contributed by atoms with Gasteiger partial charge < -0.3 is 5.73 Å². The maximum atomic E-state index is 12.9. The standard InChI is InChI=1S/C13H10F3NO2S/c14-13(15,16)11-3-1-2-4-12(11)20(18,19)10-7-5-9(17)6-8-10/h1-8H,17H2. The SMILES string of the molecule is Nc1ccc(S(=O)(=O)c2ccccc2C(F)(F)F)cc1. The Hall–Kier alpha value is -2.02. The molecular formula is C13H10F3NO2S. The van der Waals surface area contributed by atoms with Gasteiger partial charge in [0.25, 0.3) is 0 Å². The van der Waals surface area contributed by atoms with Crippen LogP contribution in [-0.2, 0) is 16.0 Å². The van der Waals surface area contributed by atoms with Gasteiger partial charge in [-0.1, -0.05) is 12.1 Å². The van der Waals surface area contributed by atoms with Crippen molar-refractivity contribution >= 4 is 15.5 Å². The molecule has 0 heterocycles. The second-order valence-electron chi connectivity index (χ2n) is 4.07. The van der Waals surface area contributed by atoms with Crippen molar-refractivity contribution < 1.29 is 21.6 Å². The fourth-order valence-corrected chi connectivity index (χ4v) is 3.19. The molecule has 0 spiro atoms. The van der Waals surface area contributed by atoms with Crippen LogP contribution < -0.4 is 5.73 Å². The lowest BCUT2D eigenvalue weighted by Gasteiger charge is -2.13. The van der Waals surface area contributed by atoms with Gasteiger partial charge in [0.2, 0.25) is 9.84 Å². The highest BCUT2D eigenvalue weighted by atomic mass is 32.2. The fraction of sp³-hybridized carbons (Fsp3) is 0.0769. The molecule has 0 radical (unpaired) electrons. The summed E-state index contributed by atoms with van der Waals surface area (Å²) in [6, 6.07) is 9.07. The minimum atomic E-state index is -4.74. The molecule has 0 amide bonds. The van der Waals surface area contributed by atoms with Gasteiger partial charge >= 0.3 is 6.18 Å². The molecular weight excluding hydrogens is 291 g/mol. The average molecular weight is 301 g/mol. The number of benzene rings is 2. The van der Waals surface area contributed by atoms with Crippen molar-refractivity contribution in [3.8, 4) is 0 Å². The molecule has 2 aromatic carbocycles. The number of nitrogen functional groups attached to an aromatic ring is 1. The van der Waals surface area contributed by atoms with Gasteiger partial charge in [0.1, 0.15) is 0 Å². The first-order chi connectivity index (χ1) is 9.23. The smallest absolute Gasteiger partial charge is 0.399 e. The van der Waals surface area contributed by atoms with Gasteiger partial charge in [0.05, 0.1) is 15.4 Å². The molecule has 106 valence electrons. The molecule has 2 N–H and O–H groups in total. The lowest BCUT2D eigenvalue weighted by Crippen LogP contribution is -2.13. The quantitative estimate of drug-likeness (QED) is 0.867. The number of halogens is 3. The van der Waals surface area contributed by atoms with Gasteiger partial charge in [-0.15, -0.1) is 0 Å². The van der Waals surface area contributed by atoms with Crippen LogP contribution in [0.3, 0.4) is 0 Å². The molecule has 0 aliphatic rings. The normalized spacial score (nSPS) is 12.3. The summed E-state index contributed by atoms with van der Waals surface area (Å²) in [6.07, 6.45) is -4.74. The van der Waals surface area contributed by atoms with Crippen LogP contribution in [0.2, 0.25) is 0 Å². The van der Waals surface area contributed by atoms with Crippen molar-refractivity contribution in [1.29, 1.82) is 0 Å². The van der Waals surface area contributed by atoms with Crippen molar-refractivity contribution in [2.45, 2.75) is 16.0 Å². The van der Waals surface area contributed by atoms with E-state index in [2.05, 4.69) is 0 Å². The molecule has 0 saturated carbocycles. The van der Waals surface area contributed by atoms with Crippen molar-refractivity contribution in [2.75, 3.05) is 5.73 Å². The summed E-state index contributed by atoms with van der Waals surface area (Å²) in [4.78, 5) is -0.999. The molecule has 3 nitrogen and oxygen atoms in total. The van der Waals surface area contributed by atoms with Gasteiger partial charge in [-0.3, -0.25) is 0 Å². The van der Waals surface area contributed by atoms with E-state index in [4.69, 9.17) is 5.73 Å². The van der Waals surface area contributed by atoms with Crippen LogP contribution in [0.5, 0.6) is 0 Å². The minimum absolute atomic E-state index is 0.233. The first kappa shape index (κ1) is 14.4. The van der Waals surface area contributed by atoms with Crippen molar-refractivity contribution in [3.63, 3.8) is 0 Å². The third kappa shape index (κ3) is 2.62.